The summed E-state index contributed by atoms with van der Waals surface area (Å²) >= 11 is 0. The number of aromatic amines is 1. The van der Waals surface area contributed by atoms with Crippen LogP contribution in [0.15, 0.2) is 41.0 Å². The summed E-state index contributed by atoms with van der Waals surface area (Å²) in [6.45, 7) is 0.00105. The van der Waals surface area contributed by atoms with Crippen molar-refractivity contribution in [3.8, 4) is 11.5 Å². The van der Waals surface area contributed by atoms with E-state index in [1.165, 1.54) is 4.90 Å². The molecular weight excluding hydrogens is 522 g/mol. The first-order valence-corrected chi connectivity index (χ1v) is 12.6. The monoisotopic (exact) mass is 553 g/mol. The lowest BCUT2D eigenvalue weighted by Crippen LogP contribution is -2.63. The topological polar surface area (TPSA) is 203 Å². The molecule has 0 bridgehead atoms. The van der Waals surface area contributed by atoms with Gasteiger partial charge in [-0.05, 0) is 44.5 Å². The Kier molecular flexibility index (Phi) is 6.38. The summed E-state index contributed by atoms with van der Waals surface area (Å²) in [5.74, 6) is -7.06. The van der Waals surface area contributed by atoms with Gasteiger partial charge >= 0.3 is 0 Å². The second-order valence-corrected chi connectivity index (χ2v) is 10.8. The standard InChI is InChI=1S/C27H31N5O8/c1-31(2)15-9-16(40-10-12-5-6-29-30-12)21(33)18-13(15)7-11-8-14-20(32(3)4)23(35)19(26(28)38)25(37)27(14,39)24(36)17(11)22(18)34/h5-6,9,11,14,20,33,35-36,39H,7-8,10H2,1-4H3,(H2,28,38)(H,29,30)/t11-,14-,20-,27-/m0/s1. The number of nitrogens with zero attached hydrogens (tertiary/aromatic N) is 3. The van der Waals surface area contributed by atoms with Crippen molar-refractivity contribution >= 4 is 23.2 Å². The Hall–Kier alpha value is -4.36. The molecular formula is C27H31N5O8. The summed E-state index contributed by atoms with van der Waals surface area (Å²) in [5.41, 5.74) is 3.14. The van der Waals surface area contributed by atoms with E-state index in [0.29, 0.717) is 16.9 Å². The van der Waals surface area contributed by atoms with Gasteiger partial charge in [0.15, 0.2) is 22.9 Å². The zero-order valence-corrected chi connectivity index (χ0v) is 22.4. The molecule has 4 atom stereocenters. The molecule has 7 N–H and O–H groups in total. The number of carbonyl (C=O) groups is 3. The molecule has 1 aromatic heterocycles. The third-order valence-corrected chi connectivity index (χ3v) is 8.08. The van der Waals surface area contributed by atoms with E-state index >= 15 is 0 Å². The van der Waals surface area contributed by atoms with E-state index in [-0.39, 0.29) is 36.3 Å². The molecule has 13 nitrogen and oxygen atoms in total. The average molecular weight is 554 g/mol. The average Bonchev–Trinajstić information content (AvgIpc) is 3.39. The van der Waals surface area contributed by atoms with Gasteiger partial charge in [-0.1, -0.05) is 0 Å². The summed E-state index contributed by atoms with van der Waals surface area (Å²) in [6, 6.07) is 2.25. The highest BCUT2D eigenvalue weighted by molar-refractivity contribution is 6.25. The Bertz CT molecular complexity index is 1490. The van der Waals surface area contributed by atoms with Gasteiger partial charge in [-0.25, -0.2) is 0 Å². The van der Waals surface area contributed by atoms with Gasteiger partial charge < -0.3 is 35.8 Å². The van der Waals surface area contributed by atoms with Gasteiger partial charge in [-0.2, -0.15) is 5.10 Å². The smallest absolute Gasteiger partial charge is 0.255 e. The Balaban J connectivity index is 1.67. The van der Waals surface area contributed by atoms with Crippen molar-refractivity contribution in [1.82, 2.24) is 15.1 Å². The molecule has 0 radical (unpaired) electrons. The van der Waals surface area contributed by atoms with Crippen LogP contribution in [0.2, 0.25) is 0 Å². The highest BCUT2D eigenvalue weighted by Gasteiger charge is 2.63. The lowest BCUT2D eigenvalue weighted by molar-refractivity contribution is -0.148. The molecule has 0 unspecified atom stereocenters. The Morgan fingerprint density at radius 2 is 1.93 bits per heavy atom. The van der Waals surface area contributed by atoms with Gasteiger partial charge in [0, 0.05) is 43.5 Å². The van der Waals surface area contributed by atoms with Crippen LogP contribution in [-0.2, 0) is 22.6 Å². The minimum atomic E-state index is -2.70. The number of allylic oxidation sites excluding steroid dienone is 1. The number of hydrogen-bond donors (Lipinski definition) is 6. The first kappa shape index (κ1) is 27.2. The molecule has 0 saturated carbocycles. The van der Waals surface area contributed by atoms with Gasteiger partial charge in [0.05, 0.1) is 17.3 Å². The number of phenols is 1. The highest BCUT2D eigenvalue weighted by Crippen LogP contribution is 2.54. The van der Waals surface area contributed by atoms with E-state index in [0.717, 1.165) is 0 Å². The molecule has 13 heteroatoms. The minimum absolute atomic E-state index is 0.00105. The minimum Gasteiger partial charge on any atom is -0.510 e. The van der Waals surface area contributed by atoms with Crippen molar-refractivity contribution < 1.29 is 39.5 Å². The number of ketones is 2. The lowest BCUT2D eigenvalue weighted by Gasteiger charge is -2.50. The van der Waals surface area contributed by atoms with Gasteiger partial charge in [0.25, 0.3) is 5.91 Å². The number of anilines is 1. The fourth-order valence-corrected chi connectivity index (χ4v) is 6.31. The van der Waals surface area contributed by atoms with Crippen LogP contribution in [0.4, 0.5) is 5.69 Å². The molecule has 0 fully saturated rings. The third kappa shape index (κ3) is 3.76. The summed E-state index contributed by atoms with van der Waals surface area (Å²) < 4.78 is 5.78. The number of ether oxygens (including phenoxy) is 1. The van der Waals surface area contributed by atoms with Gasteiger partial charge in [0.2, 0.25) is 5.78 Å². The number of rotatable bonds is 6. The molecule has 5 rings (SSSR count). The number of aromatic hydroxyl groups is 1. The molecule has 0 aliphatic heterocycles. The number of primary amides is 1. The number of likely N-dealkylation sites (N-methyl/N-ethyl adjacent to an activating group) is 1. The van der Waals surface area contributed by atoms with E-state index in [1.807, 2.05) is 0 Å². The van der Waals surface area contributed by atoms with E-state index < -0.39 is 63.8 Å². The number of amides is 1. The lowest BCUT2D eigenvalue weighted by atomic mass is 9.58. The summed E-state index contributed by atoms with van der Waals surface area (Å²) in [6.07, 6.45) is 1.80. The molecule has 0 spiro atoms. The molecule has 1 heterocycles. The Morgan fingerprint density at radius 3 is 2.50 bits per heavy atom. The fourth-order valence-electron chi connectivity index (χ4n) is 6.31. The van der Waals surface area contributed by atoms with Crippen LogP contribution in [0.3, 0.4) is 0 Å². The molecule has 1 amide bonds. The van der Waals surface area contributed by atoms with Crippen LogP contribution in [0.1, 0.15) is 28.0 Å². The molecule has 212 valence electrons. The van der Waals surface area contributed by atoms with E-state index in [4.69, 9.17) is 10.5 Å². The molecule has 0 saturated heterocycles. The quantitative estimate of drug-likeness (QED) is 0.272. The number of aliphatic hydroxyl groups excluding tert-OH is 2. The predicted octanol–water partition coefficient (Wildman–Crippen LogP) is 0.489. The van der Waals surface area contributed by atoms with Crippen molar-refractivity contribution in [3.63, 3.8) is 0 Å². The zero-order chi connectivity index (χ0) is 29.3. The van der Waals surface area contributed by atoms with Crippen molar-refractivity contribution in [1.29, 1.82) is 0 Å². The highest BCUT2D eigenvalue weighted by atomic mass is 16.5. The second kappa shape index (κ2) is 9.38. The molecule has 40 heavy (non-hydrogen) atoms. The summed E-state index contributed by atoms with van der Waals surface area (Å²) in [4.78, 5) is 42.8. The second-order valence-electron chi connectivity index (χ2n) is 10.8. The number of Topliss-reactive ketones (excluding diaryl/α,β-unsaturated/α-hetero) is 2. The Morgan fingerprint density at radius 1 is 1.23 bits per heavy atom. The number of benzene rings is 1. The summed E-state index contributed by atoms with van der Waals surface area (Å²) in [5, 5.41) is 51.9. The van der Waals surface area contributed by atoms with Gasteiger partial charge in [-0.3, -0.25) is 24.4 Å². The van der Waals surface area contributed by atoms with Crippen LogP contribution < -0.4 is 15.4 Å². The van der Waals surface area contributed by atoms with Gasteiger partial charge in [-0.15, -0.1) is 0 Å². The maximum atomic E-state index is 14.0. The third-order valence-electron chi connectivity index (χ3n) is 8.08. The van der Waals surface area contributed by atoms with E-state index in [1.54, 1.807) is 51.4 Å². The van der Waals surface area contributed by atoms with Crippen molar-refractivity contribution in [2.75, 3.05) is 33.1 Å². The Labute approximate surface area is 229 Å². The predicted molar refractivity (Wildman–Crippen MR) is 141 cm³/mol. The van der Waals surface area contributed by atoms with Crippen LogP contribution in [0, 0.1) is 11.8 Å². The number of aliphatic hydroxyl groups is 3. The first-order valence-electron chi connectivity index (χ1n) is 12.6. The van der Waals surface area contributed by atoms with Crippen molar-refractivity contribution in [3.05, 3.63) is 57.8 Å². The summed E-state index contributed by atoms with van der Waals surface area (Å²) in [7, 11) is 6.71. The first-order chi connectivity index (χ1) is 18.8. The van der Waals surface area contributed by atoms with Crippen molar-refractivity contribution in [2.24, 2.45) is 17.6 Å². The SMILES string of the molecule is CN(C)c1cc(OCc2cc[nH]n2)c(O)c2c1C[C@H]1C[C@H]3[C@H](N(C)C)C(O)=C(C(N)=O)C(=O)[C@@]3(O)C(O)=C1C2=O. The zero-order valence-electron chi connectivity index (χ0n) is 22.4. The molecule has 2 aromatic rings. The maximum Gasteiger partial charge on any atom is 0.255 e. The number of carbonyl (C=O) groups excluding carboxylic acids is 3. The van der Waals surface area contributed by atoms with E-state index in [9.17, 15) is 34.8 Å². The number of H-pyrrole nitrogens is 1. The number of nitrogens with two attached hydrogens (primary N) is 1. The van der Waals surface area contributed by atoms with Crippen LogP contribution in [0.25, 0.3) is 0 Å². The maximum absolute atomic E-state index is 14.0. The largest absolute Gasteiger partial charge is 0.510 e. The molecule has 3 aliphatic rings. The van der Waals surface area contributed by atoms with E-state index in [2.05, 4.69) is 10.2 Å². The number of aromatic nitrogens is 2. The van der Waals surface area contributed by atoms with Crippen LogP contribution >= 0.6 is 0 Å². The number of nitrogens with one attached hydrogen (secondary N) is 1. The number of phenolic OH excluding ortho intramolecular Hbond substituents is 1. The van der Waals surface area contributed by atoms with Crippen LogP contribution in [-0.4, -0.2) is 92.8 Å². The number of hydrogen-bond acceptors (Lipinski definition) is 11. The van der Waals surface area contributed by atoms with Crippen LogP contribution in [0.5, 0.6) is 11.5 Å². The van der Waals surface area contributed by atoms with Crippen molar-refractivity contribution in [2.45, 2.75) is 31.1 Å². The fraction of sp³-hybridized carbons (Fsp3) is 0.407. The molecule has 1 aromatic carbocycles. The molecule has 3 aliphatic carbocycles. The van der Waals surface area contributed by atoms with Gasteiger partial charge in [0.1, 0.15) is 23.7 Å². The normalized spacial score (nSPS) is 26.0. The number of fused-ring (bicyclic) bond motifs is 3.